The van der Waals surface area contributed by atoms with Crippen molar-refractivity contribution in [1.29, 1.82) is 0 Å². The molecule has 0 aliphatic heterocycles. The van der Waals surface area contributed by atoms with E-state index in [4.69, 9.17) is 18.7 Å². The number of pyridine rings is 1. The number of oxazole rings is 1. The molecule has 35 heavy (non-hydrogen) atoms. The largest absolute Gasteiger partial charge is 0.496 e. The highest BCUT2D eigenvalue weighted by Gasteiger charge is 2.25. The molecule has 0 unspecified atom stereocenters. The zero-order chi connectivity index (χ0) is 24.9. The number of aryl methyl sites for hydroxylation is 2. The van der Waals surface area contributed by atoms with Crippen molar-refractivity contribution in [2.75, 3.05) is 21.2 Å². The summed E-state index contributed by atoms with van der Waals surface area (Å²) in [7, 11) is 5.55. The summed E-state index contributed by atoms with van der Waals surface area (Å²) in [5.74, 6) is 0.926. The molecule has 0 bridgehead atoms. The van der Waals surface area contributed by atoms with E-state index >= 15 is 0 Å². The third-order valence-electron chi connectivity index (χ3n) is 6.37. The van der Waals surface area contributed by atoms with E-state index in [0.717, 1.165) is 33.3 Å². The summed E-state index contributed by atoms with van der Waals surface area (Å²) in [6, 6.07) is 13.6. The van der Waals surface area contributed by atoms with E-state index in [1.807, 2.05) is 82.2 Å². The molecule has 5 aromatic rings. The number of hydrogen-bond donors (Lipinski definition) is 0. The van der Waals surface area contributed by atoms with Gasteiger partial charge in [0, 0.05) is 17.5 Å². The molecule has 0 N–H and O–H groups in total. The third-order valence-corrected chi connectivity index (χ3v) is 6.37. The number of fused-ring (bicyclic) bond motifs is 3. The third kappa shape index (κ3) is 3.80. The number of nitrogens with zero attached hydrogens (tertiary/aromatic N) is 4. The maximum atomic E-state index is 13.2. The molecule has 1 atom stereocenters. The van der Waals surface area contributed by atoms with Gasteiger partial charge < -0.3 is 18.6 Å². The molecule has 0 saturated heterocycles. The van der Waals surface area contributed by atoms with Crippen molar-refractivity contribution in [3.05, 3.63) is 75.7 Å². The fraction of sp³-hybridized carbons (Fsp3) is 0.296. The van der Waals surface area contributed by atoms with Gasteiger partial charge >= 0.3 is 5.76 Å². The van der Waals surface area contributed by atoms with Crippen molar-refractivity contribution in [2.24, 2.45) is 0 Å². The second kappa shape index (κ2) is 8.70. The Hall–Kier alpha value is -3.91. The summed E-state index contributed by atoms with van der Waals surface area (Å²) in [4.78, 5) is 20.2. The lowest BCUT2D eigenvalue weighted by molar-refractivity contribution is 0.393. The van der Waals surface area contributed by atoms with Gasteiger partial charge in [0.1, 0.15) is 22.7 Å². The number of hydrogen-bond acceptors (Lipinski definition) is 7. The maximum absolute atomic E-state index is 13.2. The summed E-state index contributed by atoms with van der Waals surface area (Å²) >= 11 is 0. The Bertz CT molecular complexity index is 1580. The van der Waals surface area contributed by atoms with Crippen LogP contribution in [0.15, 0.2) is 56.2 Å². The molecule has 0 saturated carbocycles. The van der Waals surface area contributed by atoms with Crippen molar-refractivity contribution < 1.29 is 13.7 Å². The SMILES string of the molecule is COc1cc2c(cc1-c1c(C)noc1C)nc(CN(C)C)c1oc(=O)n([C@H](C)c3ccccc3)c12. The molecule has 8 nitrogen and oxygen atoms in total. The first-order valence-electron chi connectivity index (χ1n) is 11.5. The molecule has 3 heterocycles. The van der Waals surface area contributed by atoms with Gasteiger partial charge in [0.25, 0.3) is 0 Å². The Morgan fingerprint density at radius 2 is 1.89 bits per heavy atom. The van der Waals surface area contributed by atoms with Crippen LogP contribution in [-0.4, -0.2) is 40.8 Å². The number of benzene rings is 2. The fourth-order valence-corrected chi connectivity index (χ4v) is 4.75. The average molecular weight is 473 g/mol. The van der Waals surface area contributed by atoms with Gasteiger partial charge in [0.05, 0.1) is 29.9 Å². The smallest absolute Gasteiger partial charge is 0.420 e. The number of ether oxygens (including phenoxy) is 1. The highest BCUT2D eigenvalue weighted by atomic mass is 16.5. The molecular weight excluding hydrogens is 444 g/mol. The minimum absolute atomic E-state index is 0.240. The molecule has 3 aromatic heterocycles. The van der Waals surface area contributed by atoms with Gasteiger partial charge in [-0.2, -0.15) is 0 Å². The van der Waals surface area contributed by atoms with Crippen LogP contribution in [0.25, 0.3) is 33.1 Å². The van der Waals surface area contributed by atoms with Crippen LogP contribution in [0.3, 0.4) is 0 Å². The fourth-order valence-electron chi connectivity index (χ4n) is 4.75. The van der Waals surface area contributed by atoms with Crippen LogP contribution in [0.4, 0.5) is 0 Å². The van der Waals surface area contributed by atoms with Crippen LogP contribution in [0.2, 0.25) is 0 Å². The highest BCUT2D eigenvalue weighted by molar-refractivity contribution is 6.05. The minimum atomic E-state index is -0.417. The van der Waals surface area contributed by atoms with Gasteiger partial charge in [-0.05, 0) is 52.6 Å². The van der Waals surface area contributed by atoms with E-state index in [-0.39, 0.29) is 6.04 Å². The monoisotopic (exact) mass is 472 g/mol. The lowest BCUT2D eigenvalue weighted by Crippen LogP contribution is -2.19. The van der Waals surface area contributed by atoms with E-state index in [0.29, 0.717) is 34.8 Å². The summed E-state index contributed by atoms with van der Waals surface area (Å²) < 4.78 is 18.8. The standard InChI is InChI=1S/C27H28N4O4/c1-15-24(17(3)35-29-15)20-12-21-19(13-23(20)33-6)25-26(22(28-21)14-30(4)5)34-27(32)31(25)16(2)18-10-8-7-9-11-18/h7-13,16H,14H2,1-6H3/t16-/m1/s1. The van der Waals surface area contributed by atoms with Gasteiger partial charge in [-0.1, -0.05) is 35.5 Å². The van der Waals surface area contributed by atoms with E-state index in [9.17, 15) is 4.79 Å². The molecule has 5 rings (SSSR count). The minimum Gasteiger partial charge on any atom is -0.496 e. The first-order valence-corrected chi connectivity index (χ1v) is 11.5. The van der Waals surface area contributed by atoms with Crippen LogP contribution < -0.4 is 10.5 Å². The Kier molecular flexibility index (Phi) is 5.68. The molecular formula is C27H28N4O4. The zero-order valence-electron chi connectivity index (χ0n) is 20.7. The lowest BCUT2D eigenvalue weighted by atomic mass is 9.99. The van der Waals surface area contributed by atoms with Crippen molar-refractivity contribution in [2.45, 2.75) is 33.4 Å². The molecule has 0 radical (unpaired) electrons. The lowest BCUT2D eigenvalue weighted by Gasteiger charge is -2.17. The summed E-state index contributed by atoms with van der Waals surface area (Å²) in [5.41, 5.74) is 6.13. The molecule has 2 aromatic carbocycles. The summed E-state index contributed by atoms with van der Waals surface area (Å²) in [6.45, 7) is 6.30. The molecule has 180 valence electrons. The predicted octanol–water partition coefficient (Wildman–Crippen LogP) is 5.09. The van der Waals surface area contributed by atoms with Crippen LogP contribution in [0.1, 0.15) is 35.7 Å². The quantitative estimate of drug-likeness (QED) is 0.340. The Labute approximate surface area is 202 Å². The number of methoxy groups -OCH3 is 1. The van der Waals surface area contributed by atoms with E-state index in [1.165, 1.54) is 0 Å². The summed E-state index contributed by atoms with van der Waals surface area (Å²) in [5, 5.41) is 4.89. The van der Waals surface area contributed by atoms with E-state index < -0.39 is 5.76 Å². The molecule has 0 amide bonds. The second-order valence-electron chi connectivity index (χ2n) is 9.07. The van der Waals surface area contributed by atoms with Gasteiger partial charge in [0.15, 0.2) is 5.58 Å². The topological polar surface area (TPSA) is 86.5 Å². The van der Waals surface area contributed by atoms with Crippen LogP contribution >= 0.6 is 0 Å². The average Bonchev–Trinajstić information content (AvgIpc) is 3.36. The summed E-state index contributed by atoms with van der Waals surface area (Å²) in [6.07, 6.45) is 0. The van der Waals surface area contributed by atoms with Gasteiger partial charge in [0.2, 0.25) is 0 Å². The maximum Gasteiger partial charge on any atom is 0.420 e. The predicted molar refractivity (Wildman–Crippen MR) is 135 cm³/mol. The van der Waals surface area contributed by atoms with Gasteiger partial charge in [-0.25, -0.2) is 9.78 Å². The van der Waals surface area contributed by atoms with Crippen molar-refractivity contribution in [1.82, 2.24) is 19.6 Å². The first kappa shape index (κ1) is 22.9. The second-order valence-corrected chi connectivity index (χ2v) is 9.07. The molecule has 0 spiro atoms. The highest BCUT2D eigenvalue weighted by Crippen LogP contribution is 2.40. The van der Waals surface area contributed by atoms with Crippen molar-refractivity contribution in [3.63, 3.8) is 0 Å². The number of aromatic nitrogens is 3. The van der Waals surface area contributed by atoms with E-state index in [1.54, 1.807) is 11.7 Å². The molecule has 0 aliphatic carbocycles. The Morgan fingerprint density at radius 1 is 1.14 bits per heavy atom. The Morgan fingerprint density at radius 3 is 2.51 bits per heavy atom. The first-order chi connectivity index (χ1) is 16.8. The normalized spacial score (nSPS) is 12.7. The molecule has 0 fully saturated rings. The van der Waals surface area contributed by atoms with Gasteiger partial charge in [-0.15, -0.1) is 0 Å². The molecule has 8 heteroatoms. The van der Waals surface area contributed by atoms with Gasteiger partial charge in [-0.3, -0.25) is 4.57 Å². The van der Waals surface area contributed by atoms with Crippen LogP contribution in [0.5, 0.6) is 5.75 Å². The van der Waals surface area contributed by atoms with Crippen molar-refractivity contribution in [3.8, 4) is 16.9 Å². The van der Waals surface area contributed by atoms with Crippen LogP contribution in [0, 0.1) is 13.8 Å². The Balaban J connectivity index is 1.88. The van der Waals surface area contributed by atoms with Crippen LogP contribution in [-0.2, 0) is 6.54 Å². The van der Waals surface area contributed by atoms with E-state index in [2.05, 4.69) is 5.16 Å². The number of rotatable bonds is 6. The van der Waals surface area contributed by atoms with Crippen molar-refractivity contribution >= 4 is 22.0 Å². The molecule has 0 aliphatic rings. The zero-order valence-corrected chi connectivity index (χ0v) is 20.7.